The van der Waals surface area contributed by atoms with Crippen molar-refractivity contribution in [2.45, 2.75) is 40.0 Å². The van der Waals surface area contributed by atoms with Gasteiger partial charge in [-0.1, -0.05) is 39.8 Å². The Balaban J connectivity index is 2.93. The van der Waals surface area contributed by atoms with Crippen LogP contribution in [0.4, 0.5) is 0 Å². The molecule has 1 aromatic rings. The van der Waals surface area contributed by atoms with Crippen LogP contribution < -0.4 is 10.5 Å². The zero-order valence-electron chi connectivity index (χ0n) is 12.0. The molecule has 3 nitrogen and oxygen atoms in total. The average Bonchev–Trinajstić information content (AvgIpc) is 2.23. The lowest BCUT2D eigenvalue weighted by molar-refractivity contribution is 0.284. The van der Waals surface area contributed by atoms with E-state index in [9.17, 15) is 0 Å². The molecule has 0 saturated carbocycles. The molecule has 100 valence electrons. The lowest BCUT2D eigenvalue weighted by atomic mass is 9.86. The van der Waals surface area contributed by atoms with Gasteiger partial charge in [-0.3, -0.25) is 5.41 Å². The summed E-state index contributed by atoms with van der Waals surface area (Å²) < 4.78 is 5.85. The molecule has 0 aliphatic carbocycles. The monoisotopic (exact) mass is 248 g/mol. The molecular formula is C15H24N2O. The van der Waals surface area contributed by atoms with Gasteiger partial charge in [-0.15, -0.1) is 0 Å². The van der Waals surface area contributed by atoms with Crippen molar-refractivity contribution in [3.05, 3.63) is 29.3 Å². The largest absolute Gasteiger partial charge is 0.493 e. The molecule has 3 heteroatoms. The molecule has 0 bridgehead atoms. The Morgan fingerprint density at radius 2 is 2.00 bits per heavy atom. The van der Waals surface area contributed by atoms with E-state index in [1.807, 2.05) is 19.9 Å². The maximum atomic E-state index is 7.38. The van der Waals surface area contributed by atoms with Crippen LogP contribution >= 0.6 is 0 Å². The van der Waals surface area contributed by atoms with Crippen LogP contribution in [0.15, 0.2) is 18.2 Å². The Morgan fingerprint density at radius 1 is 1.39 bits per heavy atom. The smallest absolute Gasteiger partial charge is 0.123 e. The van der Waals surface area contributed by atoms with Crippen molar-refractivity contribution < 1.29 is 4.74 Å². The summed E-state index contributed by atoms with van der Waals surface area (Å²) in [6.07, 6.45) is 0. The number of nitrogens with one attached hydrogen (secondary N) is 1. The van der Waals surface area contributed by atoms with Gasteiger partial charge in [-0.2, -0.15) is 0 Å². The molecule has 0 aliphatic heterocycles. The summed E-state index contributed by atoms with van der Waals surface area (Å²) in [5.74, 6) is 1.01. The summed E-state index contributed by atoms with van der Waals surface area (Å²) in [4.78, 5) is 0. The van der Waals surface area contributed by atoms with Crippen LogP contribution in [-0.4, -0.2) is 12.4 Å². The maximum absolute atomic E-state index is 7.38. The fourth-order valence-electron chi connectivity index (χ4n) is 1.67. The number of nitrogens with two attached hydrogens (primary N) is 1. The molecule has 0 radical (unpaired) electrons. The van der Waals surface area contributed by atoms with Gasteiger partial charge in [0.05, 0.1) is 12.4 Å². The molecule has 0 heterocycles. The highest BCUT2D eigenvalue weighted by atomic mass is 16.5. The third kappa shape index (κ3) is 3.76. The van der Waals surface area contributed by atoms with Crippen LogP contribution in [0.1, 0.15) is 38.8 Å². The van der Waals surface area contributed by atoms with Gasteiger partial charge in [0.25, 0.3) is 0 Å². The number of aryl methyl sites for hydroxylation is 1. The maximum Gasteiger partial charge on any atom is 0.123 e. The fraction of sp³-hybridized carbons (Fsp3) is 0.533. The second-order valence-electron chi connectivity index (χ2n) is 5.92. The zero-order valence-corrected chi connectivity index (χ0v) is 12.0. The predicted octanol–water partition coefficient (Wildman–Crippen LogP) is 3.24. The Hall–Kier alpha value is -1.51. The van der Waals surface area contributed by atoms with E-state index in [-0.39, 0.29) is 17.2 Å². The second-order valence-corrected chi connectivity index (χ2v) is 5.92. The van der Waals surface area contributed by atoms with Crippen LogP contribution in [-0.2, 0) is 5.41 Å². The molecule has 1 atom stereocenters. The summed E-state index contributed by atoms with van der Waals surface area (Å²) in [6.45, 7) is 10.9. The van der Waals surface area contributed by atoms with Crippen LogP contribution in [0, 0.1) is 18.3 Å². The van der Waals surface area contributed by atoms with E-state index < -0.39 is 0 Å². The molecule has 0 amide bonds. The lowest BCUT2D eigenvalue weighted by Gasteiger charge is -2.24. The van der Waals surface area contributed by atoms with Crippen molar-refractivity contribution in [1.29, 1.82) is 5.41 Å². The molecule has 0 spiro atoms. The van der Waals surface area contributed by atoms with Crippen molar-refractivity contribution in [1.82, 2.24) is 0 Å². The summed E-state index contributed by atoms with van der Waals surface area (Å²) in [7, 11) is 0. The first-order chi connectivity index (χ1) is 8.21. The van der Waals surface area contributed by atoms with E-state index in [1.165, 1.54) is 11.1 Å². The van der Waals surface area contributed by atoms with Crippen LogP contribution in [0.25, 0.3) is 0 Å². The molecule has 0 aromatic heterocycles. The summed E-state index contributed by atoms with van der Waals surface area (Å²) in [5.41, 5.74) is 7.86. The Labute approximate surface area is 110 Å². The van der Waals surface area contributed by atoms with Gasteiger partial charge >= 0.3 is 0 Å². The third-order valence-corrected chi connectivity index (χ3v) is 2.96. The van der Waals surface area contributed by atoms with Crippen LogP contribution in [0.3, 0.4) is 0 Å². The van der Waals surface area contributed by atoms with Crippen LogP contribution in [0.5, 0.6) is 5.75 Å². The van der Waals surface area contributed by atoms with Crippen molar-refractivity contribution in [3.63, 3.8) is 0 Å². The van der Waals surface area contributed by atoms with Crippen molar-refractivity contribution >= 4 is 5.84 Å². The van der Waals surface area contributed by atoms with Gasteiger partial charge in [-0.05, 0) is 29.5 Å². The Bertz CT molecular complexity index is 433. The molecule has 1 aromatic carbocycles. The van der Waals surface area contributed by atoms with Crippen molar-refractivity contribution in [2.24, 2.45) is 11.7 Å². The van der Waals surface area contributed by atoms with E-state index >= 15 is 0 Å². The number of hydrogen-bond donors (Lipinski definition) is 2. The molecule has 1 rings (SSSR count). The third-order valence-electron chi connectivity index (χ3n) is 2.96. The standard InChI is InChI=1S/C15H24N2O/c1-10-6-7-12(15(3,4)5)13(8-10)18-9-11(2)14(16)17/h6-8,11H,9H2,1-5H3,(H3,16,17). The quantitative estimate of drug-likeness (QED) is 0.634. The summed E-state index contributed by atoms with van der Waals surface area (Å²) in [5, 5.41) is 7.38. The summed E-state index contributed by atoms with van der Waals surface area (Å²) in [6, 6.07) is 6.26. The highest BCUT2D eigenvalue weighted by Gasteiger charge is 2.19. The average molecular weight is 248 g/mol. The number of rotatable bonds is 4. The Kier molecular flexibility index (Phi) is 4.38. The van der Waals surface area contributed by atoms with E-state index in [0.29, 0.717) is 6.61 Å². The van der Waals surface area contributed by atoms with Gasteiger partial charge in [0.15, 0.2) is 0 Å². The highest BCUT2D eigenvalue weighted by Crippen LogP contribution is 2.32. The van der Waals surface area contributed by atoms with Gasteiger partial charge in [-0.25, -0.2) is 0 Å². The van der Waals surface area contributed by atoms with E-state index in [2.05, 4.69) is 32.9 Å². The number of amidine groups is 1. The minimum Gasteiger partial charge on any atom is -0.493 e. The summed E-state index contributed by atoms with van der Waals surface area (Å²) >= 11 is 0. The SMILES string of the molecule is Cc1ccc(C(C)(C)C)c(OCC(C)C(=N)N)c1. The minimum absolute atomic E-state index is 0.0441. The van der Waals surface area contributed by atoms with Crippen molar-refractivity contribution in [3.8, 4) is 5.75 Å². The molecule has 0 fully saturated rings. The van der Waals surface area contributed by atoms with E-state index in [0.717, 1.165) is 5.75 Å². The topological polar surface area (TPSA) is 59.1 Å². The van der Waals surface area contributed by atoms with E-state index in [4.69, 9.17) is 15.9 Å². The van der Waals surface area contributed by atoms with Gasteiger partial charge < -0.3 is 10.5 Å². The highest BCUT2D eigenvalue weighted by molar-refractivity contribution is 5.79. The predicted molar refractivity (Wildman–Crippen MR) is 76.5 cm³/mol. The fourth-order valence-corrected chi connectivity index (χ4v) is 1.67. The Morgan fingerprint density at radius 3 is 2.50 bits per heavy atom. The number of hydrogen-bond acceptors (Lipinski definition) is 2. The molecule has 0 saturated heterocycles. The van der Waals surface area contributed by atoms with Crippen LogP contribution in [0.2, 0.25) is 0 Å². The zero-order chi connectivity index (χ0) is 13.9. The first kappa shape index (κ1) is 14.6. The second kappa shape index (κ2) is 5.42. The molecule has 3 N–H and O–H groups in total. The first-order valence-electron chi connectivity index (χ1n) is 6.29. The first-order valence-corrected chi connectivity index (χ1v) is 6.29. The molecular weight excluding hydrogens is 224 g/mol. The normalized spacial score (nSPS) is 13.2. The lowest BCUT2D eigenvalue weighted by Crippen LogP contribution is -2.25. The van der Waals surface area contributed by atoms with Gasteiger partial charge in [0, 0.05) is 5.92 Å². The number of ether oxygens (including phenoxy) is 1. The number of benzene rings is 1. The van der Waals surface area contributed by atoms with E-state index in [1.54, 1.807) is 0 Å². The molecule has 0 aliphatic rings. The van der Waals surface area contributed by atoms with Gasteiger partial charge in [0.1, 0.15) is 5.75 Å². The molecule has 18 heavy (non-hydrogen) atoms. The van der Waals surface area contributed by atoms with Crippen molar-refractivity contribution in [2.75, 3.05) is 6.61 Å². The van der Waals surface area contributed by atoms with Gasteiger partial charge in [0.2, 0.25) is 0 Å². The molecule has 1 unspecified atom stereocenters. The minimum atomic E-state index is -0.0571.